The predicted octanol–water partition coefficient (Wildman–Crippen LogP) is 3.91. The van der Waals surface area contributed by atoms with Crippen molar-refractivity contribution in [2.24, 2.45) is 0 Å². The molecule has 0 saturated heterocycles. The van der Waals surface area contributed by atoms with E-state index >= 15 is 0 Å². The molecule has 0 aliphatic heterocycles. The van der Waals surface area contributed by atoms with E-state index in [0.717, 1.165) is 19.4 Å². The van der Waals surface area contributed by atoms with Crippen molar-refractivity contribution in [3.8, 4) is 0 Å². The third kappa shape index (κ3) is 6.35. The second-order valence-electron chi connectivity index (χ2n) is 4.72. The van der Waals surface area contributed by atoms with E-state index in [-0.39, 0.29) is 5.97 Å². The Balaban J connectivity index is 3.67. The van der Waals surface area contributed by atoms with Crippen LogP contribution in [-0.2, 0) is 14.0 Å². The number of carbonyl (C=O) groups is 1. The first-order valence-corrected chi connectivity index (χ1v) is 9.50. The topological polar surface area (TPSA) is 35.5 Å². The predicted molar refractivity (Wildman–Crippen MR) is 78.2 cm³/mol. The number of hydrogen-bond acceptors (Lipinski definition) is 3. The van der Waals surface area contributed by atoms with Gasteiger partial charge in [0.05, 0.1) is 6.61 Å². The first kappa shape index (κ1) is 17.4. The Hall–Kier alpha value is -0.613. The van der Waals surface area contributed by atoms with Crippen LogP contribution in [0.4, 0.5) is 0 Å². The highest BCUT2D eigenvalue weighted by Crippen LogP contribution is 2.21. The molecule has 4 heteroatoms. The standard InChI is InChI=1S/C14H28O3Si/c1-6-18(7-2,8-3)17-12-10-9-11-16-14(15)13(4)5/h4,6-12H2,1-3,5H3. The van der Waals surface area contributed by atoms with Crippen molar-refractivity contribution in [1.29, 1.82) is 0 Å². The zero-order valence-electron chi connectivity index (χ0n) is 12.4. The normalized spacial score (nSPS) is 11.3. The number of carbonyl (C=O) groups excluding carboxylic acids is 1. The summed E-state index contributed by atoms with van der Waals surface area (Å²) in [5.41, 5.74) is 0.459. The molecule has 0 aliphatic carbocycles. The van der Waals surface area contributed by atoms with E-state index in [2.05, 4.69) is 27.4 Å². The molecular weight excluding hydrogens is 244 g/mol. The molecule has 3 nitrogen and oxygen atoms in total. The van der Waals surface area contributed by atoms with E-state index < -0.39 is 8.32 Å². The third-order valence-electron chi connectivity index (χ3n) is 3.46. The fourth-order valence-corrected chi connectivity index (χ4v) is 4.53. The van der Waals surface area contributed by atoms with Gasteiger partial charge < -0.3 is 9.16 Å². The Morgan fingerprint density at radius 1 is 1.06 bits per heavy atom. The molecule has 0 N–H and O–H groups in total. The van der Waals surface area contributed by atoms with Crippen LogP contribution in [0.2, 0.25) is 18.1 Å². The summed E-state index contributed by atoms with van der Waals surface area (Å²) in [6, 6.07) is 3.56. The van der Waals surface area contributed by atoms with Gasteiger partial charge in [0.1, 0.15) is 0 Å². The quantitative estimate of drug-likeness (QED) is 0.262. The summed E-state index contributed by atoms with van der Waals surface area (Å²) in [7, 11) is -1.44. The average molecular weight is 272 g/mol. The smallest absolute Gasteiger partial charge is 0.333 e. The Bertz CT molecular complexity index is 252. The fourth-order valence-electron chi connectivity index (χ4n) is 1.84. The van der Waals surface area contributed by atoms with Crippen LogP contribution in [0.5, 0.6) is 0 Å². The summed E-state index contributed by atoms with van der Waals surface area (Å²) in [5, 5.41) is 0. The maximum absolute atomic E-state index is 11.1. The number of esters is 1. The van der Waals surface area contributed by atoms with Crippen LogP contribution >= 0.6 is 0 Å². The van der Waals surface area contributed by atoms with Crippen molar-refractivity contribution in [2.75, 3.05) is 13.2 Å². The van der Waals surface area contributed by atoms with E-state index in [0.29, 0.717) is 12.2 Å². The molecule has 18 heavy (non-hydrogen) atoms. The van der Waals surface area contributed by atoms with Gasteiger partial charge in [-0.2, -0.15) is 0 Å². The van der Waals surface area contributed by atoms with E-state index in [1.54, 1.807) is 6.92 Å². The van der Waals surface area contributed by atoms with Gasteiger partial charge in [0.25, 0.3) is 0 Å². The van der Waals surface area contributed by atoms with Crippen LogP contribution in [0.15, 0.2) is 12.2 Å². The lowest BCUT2D eigenvalue weighted by molar-refractivity contribution is -0.139. The largest absolute Gasteiger partial charge is 0.462 e. The molecule has 0 atom stereocenters. The van der Waals surface area contributed by atoms with E-state index in [4.69, 9.17) is 9.16 Å². The van der Waals surface area contributed by atoms with Gasteiger partial charge in [0, 0.05) is 12.2 Å². The Labute approximate surface area is 113 Å². The van der Waals surface area contributed by atoms with Crippen LogP contribution in [0.1, 0.15) is 40.5 Å². The van der Waals surface area contributed by atoms with Gasteiger partial charge in [-0.15, -0.1) is 0 Å². The molecule has 0 heterocycles. The van der Waals surface area contributed by atoms with Gasteiger partial charge in [-0.1, -0.05) is 27.4 Å². The Morgan fingerprint density at radius 3 is 2.00 bits per heavy atom. The monoisotopic (exact) mass is 272 g/mol. The fraction of sp³-hybridized carbons (Fsp3) is 0.786. The summed E-state index contributed by atoms with van der Waals surface area (Å²) in [6.07, 6.45) is 1.82. The summed E-state index contributed by atoms with van der Waals surface area (Å²) in [6.45, 7) is 13.2. The number of hydrogen-bond donors (Lipinski definition) is 0. The summed E-state index contributed by atoms with van der Waals surface area (Å²) in [5.74, 6) is -0.296. The first-order chi connectivity index (χ1) is 8.51. The van der Waals surface area contributed by atoms with Crippen molar-refractivity contribution in [1.82, 2.24) is 0 Å². The SMILES string of the molecule is C=C(C)C(=O)OCCCCO[Si](CC)(CC)CC. The van der Waals surface area contributed by atoms with Gasteiger partial charge in [-0.05, 0) is 37.9 Å². The lowest BCUT2D eigenvalue weighted by Crippen LogP contribution is -2.36. The molecule has 0 unspecified atom stereocenters. The number of ether oxygens (including phenoxy) is 1. The van der Waals surface area contributed by atoms with Crippen molar-refractivity contribution in [2.45, 2.75) is 58.7 Å². The third-order valence-corrected chi connectivity index (χ3v) is 8.14. The highest BCUT2D eigenvalue weighted by Gasteiger charge is 2.28. The Morgan fingerprint density at radius 2 is 1.56 bits per heavy atom. The van der Waals surface area contributed by atoms with Crippen molar-refractivity contribution in [3.05, 3.63) is 12.2 Å². The molecular formula is C14H28O3Si. The molecule has 0 spiro atoms. The van der Waals surface area contributed by atoms with Crippen molar-refractivity contribution >= 4 is 14.3 Å². The summed E-state index contributed by atoms with van der Waals surface area (Å²) < 4.78 is 11.1. The summed E-state index contributed by atoms with van der Waals surface area (Å²) in [4.78, 5) is 11.1. The van der Waals surface area contributed by atoms with Crippen molar-refractivity contribution < 1.29 is 14.0 Å². The second kappa shape index (κ2) is 9.33. The minimum Gasteiger partial charge on any atom is -0.462 e. The first-order valence-electron chi connectivity index (χ1n) is 6.98. The molecule has 106 valence electrons. The van der Waals surface area contributed by atoms with Crippen LogP contribution in [0.3, 0.4) is 0 Å². The molecule has 0 amide bonds. The molecule has 0 saturated carbocycles. The molecule has 0 aromatic heterocycles. The summed E-state index contributed by atoms with van der Waals surface area (Å²) >= 11 is 0. The van der Waals surface area contributed by atoms with E-state index in [1.165, 1.54) is 18.1 Å². The Kier molecular flexibility index (Phi) is 9.02. The molecule has 0 aliphatic rings. The molecule has 0 fully saturated rings. The molecule has 0 rings (SSSR count). The van der Waals surface area contributed by atoms with Crippen molar-refractivity contribution in [3.63, 3.8) is 0 Å². The molecule has 0 bridgehead atoms. The van der Waals surface area contributed by atoms with Gasteiger partial charge in [-0.3, -0.25) is 0 Å². The van der Waals surface area contributed by atoms with E-state index in [9.17, 15) is 4.79 Å². The number of unbranched alkanes of at least 4 members (excludes halogenated alkanes) is 1. The van der Waals surface area contributed by atoms with Gasteiger partial charge in [0.2, 0.25) is 0 Å². The zero-order valence-corrected chi connectivity index (χ0v) is 13.4. The van der Waals surface area contributed by atoms with Crippen LogP contribution in [0.25, 0.3) is 0 Å². The molecule has 0 aromatic carbocycles. The minimum absolute atomic E-state index is 0.296. The highest BCUT2D eigenvalue weighted by atomic mass is 28.4. The maximum atomic E-state index is 11.1. The van der Waals surface area contributed by atoms with Crippen LogP contribution in [-0.4, -0.2) is 27.5 Å². The zero-order chi connectivity index (χ0) is 14.0. The second-order valence-corrected chi connectivity index (χ2v) is 9.49. The maximum Gasteiger partial charge on any atom is 0.333 e. The molecule has 0 aromatic rings. The van der Waals surface area contributed by atoms with Gasteiger partial charge in [0.15, 0.2) is 8.32 Å². The van der Waals surface area contributed by atoms with Crippen LogP contribution in [0, 0.1) is 0 Å². The number of rotatable bonds is 10. The highest BCUT2D eigenvalue weighted by molar-refractivity contribution is 6.73. The van der Waals surface area contributed by atoms with Gasteiger partial charge >= 0.3 is 5.97 Å². The molecule has 0 radical (unpaired) electrons. The lowest BCUT2D eigenvalue weighted by Gasteiger charge is -2.27. The van der Waals surface area contributed by atoms with Crippen LogP contribution < -0.4 is 0 Å². The minimum atomic E-state index is -1.44. The average Bonchev–Trinajstić information content (AvgIpc) is 2.38. The van der Waals surface area contributed by atoms with E-state index in [1.807, 2.05) is 0 Å². The lowest BCUT2D eigenvalue weighted by atomic mass is 10.3. The van der Waals surface area contributed by atoms with Gasteiger partial charge in [-0.25, -0.2) is 4.79 Å².